The fourth-order valence-electron chi connectivity index (χ4n) is 3.50. The molecule has 1 aromatic carbocycles. The first-order valence-electron chi connectivity index (χ1n) is 9.13. The van der Waals surface area contributed by atoms with Gasteiger partial charge in [0.2, 0.25) is 16.0 Å². The third-order valence-electron chi connectivity index (χ3n) is 5.23. The van der Waals surface area contributed by atoms with Gasteiger partial charge in [-0.3, -0.25) is 0 Å². The summed E-state index contributed by atoms with van der Waals surface area (Å²) in [6.07, 6.45) is 4.26. The molecule has 10 heteroatoms. The highest BCUT2D eigenvalue weighted by Crippen LogP contribution is 2.39. The minimum absolute atomic E-state index is 0.153. The zero-order valence-corrected chi connectivity index (χ0v) is 16.3. The zero-order valence-electron chi connectivity index (χ0n) is 15.5. The Morgan fingerprint density at radius 2 is 2.00 bits per heavy atom. The van der Waals surface area contributed by atoms with Crippen LogP contribution in [0.2, 0.25) is 0 Å². The van der Waals surface area contributed by atoms with Crippen LogP contribution >= 0.6 is 0 Å². The van der Waals surface area contributed by atoms with E-state index < -0.39 is 15.8 Å². The van der Waals surface area contributed by atoms with E-state index in [1.165, 1.54) is 19.2 Å². The van der Waals surface area contributed by atoms with Crippen molar-refractivity contribution in [2.45, 2.75) is 29.8 Å². The van der Waals surface area contributed by atoms with Gasteiger partial charge in [-0.05, 0) is 50.6 Å². The van der Waals surface area contributed by atoms with Crippen molar-refractivity contribution in [3.8, 4) is 0 Å². The van der Waals surface area contributed by atoms with Gasteiger partial charge in [-0.25, -0.2) is 22.5 Å². The monoisotopic (exact) mass is 407 g/mol. The fraction of sp³-hybridized carbons (Fsp3) is 0.444. The van der Waals surface area contributed by atoms with Crippen molar-refractivity contribution in [1.29, 1.82) is 0 Å². The average molecular weight is 407 g/mol. The van der Waals surface area contributed by atoms with Gasteiger partial charge in [0.1, 0.15) is 0 Å². The topological polar surface area (TPSA) is 96.5 Å². The van der Waals surface area contributed by atoms with E-state index in [-0.39, 0.29) is 22.3 Å². The number of rotatable bonds is 5. The zero-order chi connectivity index (χ0) is 19.8. The van der Waals surface area contributed by atoms with Gasteiger partial charge in [0, 0.05) is 18.8 Å². The summed E-state index contributed by atoms with van der Waals surface area (Å²) in [5.41, 5.74) is 0.433. The Kier molecular flexibility index (Phi) is 4.94. The van der Waals surface area contributed by atoms with Crippen molar-refractivity contribution in [3.05, 3.63) is 36.3 Å². The molecule has 1 aliphatic carbocycles. The third kappa shape index (κ3) is 3.67. The van der Waals surface area contributed by atoms with E-state index in [0.717, 1.165) is 25.5 Å². The Morgan fingerprint density at radius 3 is 2.64 bits per heavy atom. The summed E-state index contributed by atoms with van der Waals surface area (Å²) in [5, 5.41) is 2.99. The minimum atomic E-state index is -3.50. The SMILES string of the molecule is CNS(=O)(=O)c1ccc(Nc2ncc(F)c(N3CCOC4(CCC4)C3)n2)cc1. The predicted molar refractivity (Wildman–Crippen MR) is 103 cm³/mol. The molecule has 0 atom stereocenters. The molecule has 2 fully saturated rings. The molecule has 150 valence electrons. The molecule has 0 unspecified atom stereocenters. The predicted octanol–water partition coefficient (Wildman–Crippen LogP) is 2.03. The Labute approximate surface area is 163 Å². The molecule has 2 aliphatic rings. The van der Waals surface area contributed by atoms with Gasteiger partial charge >= 0.3 is 0 Å². The van der Waals surface area contributed by atoms with Crippen LogP contribution in [0.15, 0.2) is 35.4 Å². The van der Waals surface area contributed by atoms with Gasteiger partial charge < -0.3 is 15.0 Å². The number of nitrogens with zero attached hydrogens (tertiary/aromatic N) is 3. The van der Waals surface area contributed by atoms with Crippen LogP contribution in [0.25, 0.3) is 0 Å². The minimum Gasteiger partial charge on any atom is -0.371 e. The van der Waals surface area contributed by atoms with E-state index in [9.17, 15) is 12.8 Å². The first-order valence-corrected chi connectivity index (χ1v) is 10.6. The molecule has 28 heavy (non-hydrogen) atoms. The average Bonchev–Trinajstić information content (AvgIpc) is 2.69. The van der Waals surface area contributed by atoms with Gasteiger partial charge in [0.05, 0.1) is 23.3 Å². The maximum atomic E-state index is 14.4. The second kappa shape index (κ2) is 7.26. The molecule has 1 aromatic heterocycles. The highest BCUT2D eigenvalue weighted by molar-refractivity contribution is 7.89. The van der Waals surface area contributed by atoms with Crippen LogP contribution < -0.4 is 14.9 Å². The number of halogens is 1. The third-order valence-corrected chi connectivity index (χ3v) is 6.66. The van der Waals surface area contributed by atoms with Crippen LogP contribution in [0.3, 0.4) is 0 Å². The number of hydrogen-bond donors (Lipinski definition) is 2. The van der Waals surface area contributed by atoms with Crippen LogP contribution in [0.4, 0.5) is 21.8 Å². The molecule has 2 N–H and O–H groups in total. The largest absolute Gasteiger partial charge is 0.371 e. The van der Waals surface area contributed by atoms with Crippen LogP contribution in [-0.4, -0.2) is 50.7 Å². The molecular formula is C18H22FN5O3S. The lowest BCUT2D eigenvalue weighted by molar-refractivity contribution is -0.107. The van der Waals surface area contributed by atoms with Gasteiger partial charge in [-0.15, -0.1) is 0 Å². The number of anilines is 3. The van der Waals surface area contributed by atoms with Gasteiger partial charge in [-0.1, -0.05) is 0 Å². The molecule has 2 aromatic rings. The highest BCUT2D eigenvalue weighted by Gasteiger charge is 2.42. The summed E-state index contributed by atoms with van der Waals surface area (Å²) in [4.78, 5) is 10.4. The molecule has 2 heterocycles. The molecule has 0 bridgehead atoms. The Balaban J connectivity index is 1.52. The molecule has 8 nitrogen and oxygen atoms in total. The van der Waals surface area contributed by atoms with E-state index in [4.69, 9.17) is 4.74 Å². The van der Waals surface area contributed by atoms with E-state index in [2.05, 4.69) is 20.0 Å². The second-order valence-electron chi connectivity index (χ2n) is 7.03. The Hall–Kier alpha value is -2.30. The van der Waals surface area contributed by atoms with Crippen LogP contribution in [0, 0.1) is 5.82 Å². The summed E-state index contributed by atoms with van der Waals surface area (Å²) < 4.78 is 46.1. The molecule has 4 rings (SSSR count). The van der Waals surface area contributed by atoms with E-state index in [1.54, 1.807) is 12.1 Å². The lowest BCUT2D eigenvalue weighted by Gasteiger charge is -2.48. The van der Waals surface area contributed by atoms with Crippen molar-refractivity contribution in [2.75, 3.05) is 37.0 Å². The quantitative estimate of drug-likeness (QED) is 0.783. The van der Waals surface area contributed by atoms with Crippen molar-refractivity contribution in [2.24, 2.45) is 0 Å². The van der Waals surface area contributed by atoms with Gasteiger partial charge in [0.15, 0.2) is 11.6 Å². The fourth-order valence-corrected chi connectivity index (χ4v) is 4.23. The molecule has 1 aliphatic heterocycles. The van der Waals surface area contributed by atoms with Gasteiger partial charge in [-0.2, -0.15) is 4.98 Å². The second-order valence-corrected chi connectivity index (χ2v) is 8.92. The van der Waals surface area contributed by atoms with Crippen LogP contribution in [0.1, 0.15) is 19.3 Å². The first kappa shape index (κ1) is 19.0. The van der Waals surface area contributed by atoms with Crippen molar-refractivity contribution >= 4 is 27.5 Å². The van der Waals surface area contributed by atoms with E-state index in [1.807, 2.05) is 4.90 Å². The molecule has 1 saturated carbocycles. The normalized spacial score (nSPS) is 18.7. The smallest absolute Gasteiger partial charge is 0.240 e. The van der Waals surface area contributed by atoms with Crippen molar-refractivity contribution in [3.63, 3.8) is 0 Å². The summed E-state index contributed by atoms with van der Waals surface area (Å²) in [5.74, 6) is 0.0219. The van der Waals surface area contributed by atoms with E-state index in [0.29, 0.717) is 25.4 Å². The number of nitrogens with one attached hydrogen (secondary N) is 2. The number of hydrogen-bond acceptors (Lipinski definition) is 7. The summed E-state index contributed by atoms with van der Waals surface area (Å²) in [7, 11) is -2.14. The number of benzene rings is 1. The number of ether oxygens (including phenoxy) is 1. The Bertz CT molecular complexity index is 964. The Morgan fingerprint density at radius 1 is 1.25 bits per heavy atom. The molecule has 0 amide bonds. The van der Waals surface area contributed by atoms with Crippen LogP contribution in [-0.2, 0) is 14.8 Å². The molecule has 0 radical (unpaired) electrons. The molecular weight excluding hydrogens is 385 g/mol. The summed E-state index contributed by atoms with van der Waals surface area (Å²) in [6.45, 7) is 1.75. The van der Waals surface area contributed by atoms with Crippen LogP contribution in [0.5, 0.6) is 0 Å². The first-order chi connectivity index (χ1) is 13.4. The number of sulfonamides is 1. The molecule has 1 saturated heterocycles. The standard InChI is InChI=1S/C18H22FN5O3S/c1-20-28(25,26)14-5-3-13(4-6-14)22-17-21-11-15(19)16(23-17)24-9-10-27-18(12-24)7-2-8-18/h3-6,11,20H,2,7-10,12H2,1H3,(H,21,22,23). The molecule has 1 spiro atoms. The maximum Gasteiger partial charge on any atom is 0.240 e. The highest BCUT2D eigenvalue weighted by atomic mass is 32.2. The van der Waals surface area contributed by atoms with Crippen molar-refractivity contribution in [1.82, 2.24) is 14.7 Å². The maximum absolute atomic E-state index is 14.4. The van der Waals surface area contributed by atoms with Crippen molar-refractivity contribution < 1.29 is 17.5 Å². The number of morpholine rings is 1. The number of aromatic nitrogens is 2. The lowest BCUT2D eigenvalue weighted by atomic mass is 9.79. The lowest BCUT2D eigenvalue weighted by Crippen LogP contribution is -2.56. The summed E-state index contributed by atoms with van der Waals surface area (Å²) in [6, 6.07) is 6.16. The van der Waals surface area contributed by atoms with Gasteiger partial charge in [0.25, 0.3) is 0 Å². The summed E-state index contributed by atoms with van der Waals surface area (Å²) >= 11 is 0. The van der Waals surface area contributed by atoms with E-state index >= 15 is 0 Å².